The monoisotopic (exact) mass is 811 g/mol. The van der Waals surface area contributed by atoms with Gasteiger partial charge in [0, 0.05) is 12.8 Å². The zero-order valence-electron chi connectivity index (χ0n) is 34.2. The van der Waals surface area contributed by atoms with Crippen molar-refractivity contribution in [3.05, 3.63) is 0 Å². The van der Waals surface area contributed by atoms with E-state index in [-0.39, 0.29) is 12.8 Å². The average Bonchev–Trinajstić information content (AvgIpc) is 3.16. The Bertz CT molecular complexity index is 985. The van der Waals surface area contributed by atoms with E-state index in [1.54, 1.807) is 0 Å². The molecule has 0 spiro atoms. The third-order valence-corrected chi connectivity index (χ3v) is 11.4. The maximum Gasteiger partial charge on any atom is 0.472 e. The predicted octanol–water partition coefficient (Wildman–Crippen LogP) is 7.72. The molecule has 0 heterocycles. The molecule has 13 nitrogen and oxygen atoms in total. The number of unbranched alkanes of at least 4 members (excludes halogenated alkanes) is 24. The Labute approximate surface area is 331 Å². The van der Waals surface area contributed by atoms with Crippen molar-refractivity contribution in [1.82, 2.24) is 0 Å². The molecule has 1 aliphatic carbocycles. The third-order valence-electron chi connectivity index (χ3n) is 10.4. The number of carbonyl (C=O) groups is 2. The Kier molecular flexibility index (Phi) is 30.9. The van der Waals surface area contributed by atoms with Gasteiger partial charge < -0.3 is 39.9 Å². The lowest BCUT2D eigenvalue weighted by Gasteiger charge is -2.41. The molecule has 0 aromatic rings. The SMILES string of the molecule is CCCCCCCCCCCCCCCCCCC(=O)OC(COC(=O)CCCCCCCCCCCC)COP(=O)(O)OC1C(O)C(O)C(O)C(O)C1O. The van der Waals surface area contributed by atoms with E-state index < -0.39 is 75.7 Å². The molecular formula is C41H79O13P. The molecule has 0 radical (unpaired) electrons. The van der Waals surface area contributed by atoms with Gasteiger partial charge in [0.1, 0.15) is 43.2 Å². The minimum atomic E-state index is -5.10. The Hall–Kier alpha value is -1.15. The highest BCUT2D eigenvalue weighted by Gasteiger charge is 2.51. The van der Waals surface area contributed by atoms with E-state index in [1.165, 1.54) is 116 Å². The second-order valence-corrected chi connectivity index (χ2v) is 17.0. The van der Waals surface area contributed by atoms with Crippen molar-refractivity contribution < 1.29 is 63.1 Å². The number of phosphoric acid groups is 1. The van der Waals surface area contributed by atoms with Crippen LogP contribution in [0.2, 0.25) is 0 Å². The zero-order chi connectivity index (χ0) is 40.7. The van der Waals surface area contributed by atoms with Crippen molar-refractivity contribution in [2.24, 2.45) is 0 Å². The smallest absolute Gasteiger partial charge is 0.462 e. The normalized spacial score (nSPS) is 23.0. The molecule has 0 amide bonds. The molecule has 0 aromatic carbocycles. The molecule has 0 aromatic heterocycles. The lowest BCUT2D eigenvalue weighted by Crippen LogP contribution is -2.64. The second-order valence-electron chi connectivity index (χ2n) is 15.6. The fourth-order valence-electron chi connectivity index (χ4n) is 6.88. The molecule has 6 atom stereocenters. The number of esters is 2. The molecule has 14 heteroatoms. The molecule has 326 valence electrons. The van der Waals surface area contributed by atoms with Crippen molar-refractivity contribution in [3.8, 4) is 0 Å². The largest absolute Gasteiger partial charge is 0.472 e. The maximum absolute atomic E-state index is 12.8. The van der Waals surface area contributed by atoms with Crippen LogP contribution in [0, 0.1) is 0 Å². The minimum absolute atomic E-state index is 0.105. The van der Waals surface area contributed by atoms with E-state index in [0.29, 0.717) is 12.8 Å². The summed E-state index contributed by atoms with van der Waals surface area (Å²) >= 11 is 0. The zero-order valence-corrected chi connectivity index (χ0v) is 35.1. The van der Waals surface area contributed by atoms with E-state index in [9.17, 15) is 44.6 Å². The number of aliphatic hydroxyl groups excluding tert-OH is 5. The van der Waals surface area contributed by atoms with Crippen molar-refractivity contribution in [2.45, 2.75) is 236 Å². The number of hydrogen-bond acceptors (Lipinski definition) is 12. The van der Waals surface area contributed by atoms with E-state index >= 15 is 0 Å². The Morgan fingerprint density at radius 3 is 1.20 bits per heavy atom. The number of carbonyl (C=O) groups excluding carboxylic acids is 2. The summed E-state index contributed by atoms with van der Waals surface area (Å²) in [7, 11) is -5.10. The van der Waals surface area contributed by atoms with E-state index in [4.69, 9.17) is 18.5 Å². The number of aliphatic hydroxyl groups is 5. The highest BCUT2D eigenvalue weighted by Crippen LogP contribution is 2.47. The van der Waals surface area contributed by atoms with Gasteiger partial charge >= 0.3 is 19.8 Å². The van der Waals surface area contributed by atoms with Gasteiger partial charge in [-0.15, -0.1) is 0 Å². The van der Waals surface area contributed by atoms with Crippen LogP contribution in [0.5, 0.6) is 0 Å². The number of rotatable bonds is 36. The molecule has 55 heavy (non-hydrogen) atoms. The molecule has 1 aliphatic rings. The summed E-state index contributed by atoms with van der Waals surface area (Å²) in [6.07, 6.45) is 17.4. The van der Waals surface area contributed by atoms with Crippen LogP contribution in [0.3, 0.4) is 0 Å². The van der Waals surface area contributed by atoms with E-state index in [1.807, 2.05) is 0 Å². The van der Waals surface area contributed by atoms with Gasteiger partial charge in [0.25, 0.3) is 0 Å². The molecule has 1 rings (SSSR count). The maximum atomic E-state index is 12.8. The fraction of sp³-hybridized carbons (Fsp3) is 0.951. The van der Waals surface area contributed by atoms with Crippen LogP contribution >= 0.6 is 7.82 Å². The van der Waals surface area contributed by atoms with Crippen LogP contribution in [-0.2, 0) is 32.7 Å². The number of ether oxygens (including phenoxy) is 2. The first-order chi connectivity index (χ1) is 26.4. The second kappa shape index (κ2) is 32.8. The van der Waals surface area contributed by atoms with E-state index in [2.05, 4.69) is 13.8 Å². The van der Waals surface area contributed by atoms with E-state index in [0.717, 1.165) is 38.5 Å². The van der Waals surface area contributed by atoms with Crippen molar-refractivity contribution in [2.75, 3.05) is 13.2 Å². The first-order valence-corrected chi connectivity index (χ1v) is 23.3. The Balaban J connectivity index is 2.46. The highest BCUT2D eigenvalue weighted by molar-refractivity contribution is 7.47. The molecular weight excluding hydrogens is 731 g/mol. The topological polar surface area (TPSA) is 210 Å². The standard InChI is InChI=1S/C41H79O13P/c1-3-5-7-9-11-13-15-16-17-18-19-20-22-24-26-28-30-35(43)53-33(31-51-34(42)29-27-25-23-21-14-12-10-8-6-4-2)32-52-55(49,50)54-41-39(47)37(45)36(44)38(46)40(41)48/h33,36-41,44-48H,3-32H2,1-2H3,(H,49,50). The Morgan fingerprint density at radius 2 is 0.818 bits per heavy atom. The van der Waals surface area contributed by atoms with Crippen LogP contribution in [-0.4, -0.2) is 98.3 Å². The van der Waals surface area contributed by atoms with Crippen LogP contribution in [0.4, 0.5) is 0 Å². The van der Waals surface area contributed by atoms with Crippen LogP contribution < -0.4 is 0 Å². The van der Waals surface area contributed by atoms with Gasteiger partial charge in [-0.2, -0.15) is 0 Å². The molecule has 0 saturated heterocycles. The molecule has 1 saturated carbocycles. The molecule has 1 fully saturated rings. The summed E-state index contributed by atoms with van der Waals surface area (Å²) in [5, 5.41) is 50.0. The Morgan fingerprint density at radius 1 is 0.491 bits per heavy atom. The first kappa shape index (κ1) is 51.9. The van der Waals surface area contributed by atoms with Gasteiger partial charge in [0.05, 0.1) is 6.61 Å². The summed E-state index contributed by atoms with van der Waals surface area (Å²) in [5.41, 5.74) is 0. The molecule has 6 unspecified atom stereocenters. The van der Waals surface area contributed by atoms with Gasteiger partial charge in [0.2, 0.25) is 0 Å². The van der Waals surface area contributed by atoms with Gasteiger partial charge in [0.15, 0.2) is 6.10 Å². The van der Waals surface area contributed by atoms with Crippen LogP contribution in [0.15, 0.2) is 0 Å². The quantitative estimate of drug-likeness (QED) is 0.0204. The summed E-state index contributed by atoms with van der Waals surface area (Å²) in [5.74, 6) is -1.09. The van der Waals surface area contributed by atoms with Crippen LogP contribution in [0.1, 0.15) is 194 Å². The van der Waals surface area contributed by atoms with Crippen LogP contribution in [0.25, 0.3) is 0 Å². The summed E-state index contributed by atoms with van der Waals surface area (Å²) < 4.78 is 33.4. The van der Waals surface area contributed by atoms with Crippen molar-refractivity contribution in [3.63, 3.8) is 0 Å². The first-order valence-electron chi connectivity index (χ1n) is 21.8. The highest BCUT2D eigenvalue weighted by atomic mass is 31.2. The van der Waals surface area contributed by atoms with Gasteiger partial charge in [-0.3, -0.25) is 18.6 Å². The lowest BCUT2D eigenvalue weighted by molar-refractivity contribution is -0.220. The minimum Gasteiger partial charge on any atom is -0.462 e. The molecule has 6 N–H and O–H groups in total. The number of phosphoric ester groups is 1. The summed E-state index contributed by atoms with van der Waals surface area (Å²) in [4.78, 5) is 35.5. The molecule has 0 aliphatic heterocycles. The molecule has 0 bridgehead atoms. The predicted molar refractivity (Wildman–Crippen MR) is 212 cm³/mol. The lowest BCUT2D eigenvalue weighted by atomic mass is 9.85. The fourth-order valence-corrected chi connectivity index (χ4v) is 7.85. The number of hydrogen-bond donors (Lipinski definition) is 6. The van der Waals surface area contributed by atoms with Gasteiger partial charge in [-0.05, 0) is 12.8 Å². The third kappa shape index (κ3) is 25.7. The average molecular weight is 811 g/mol. The summed E-state index contributed by atoms with van der Waals surface area (Å²) in [6, 6.07) is 0. The summed E-state index contributed by atoms with van der Waals surface area (Å²) in [6.45, 7) is 3.28. The van der Waals surface area contributed by atoms with Gasteiger partial charge in [-0.1, -0.05) is 168 Å². The van der Waals surface area contributed by atoms with Crippen molar-refractivity contribution in [1.29, 1.82) is 0 Å². The van der Waals surface area contributed by atoms with Crippen molar-refractivity contribution >= 4 is 19.8 Å². The van der Waals surface area contributed by atoms with Gasteiger partial charge in [-0.25, -0.2) is 4.57 Å².